The van der Waals surface area contributed by atoms with Crippen LogP contribution in [-0.2, 0) is 0 Å². The van der Waals surface area contributed by atoms with Crippen molar-refractivity contribution in [1.29, 1.82) is 0 Å². The van der Waals surface area contributed by atoms with Crippen molar-refractivity contribution in [2.45, 2.75) is 0 Å². The average Bonchev–Trinajstić information content (AvgIpc) is 3.61. The summed E-state index contributed by atoms with van der Waals surface area (Å²) in [7, 11) is 0. The molecule has 9 aromatic rings. The summed E-state index contributed by atoms with van der Waals surface area (Å²) in [5, 5.41) is 2.54. The van der Waals surface area contributed by atoms with Crippen molar-refractivity contribution in [2.24, 2.45) is 0 Å². The fraction of sp³-hybridized carbons (Fsp3) is 0. The van der Waals surface area contributed by atoms with Crippen LogP contribution in [0.25, 0.3) is 92.0 Å². The molecule has 0 amide bonds. The maximum Gasteiger partial charge on any atom is 0.187 e. The molecule has 9 rings (SSSR count). The first kappa shape index (κ1) is 30.4. The third-order valence-electron chi connectivity index (χ3n) is 9.41. The largest absolute Gasteiger partial charge is 0.256 e. The highest BCUT2D eigenvalue weighted by Gasteiger charge is 2.16. The summed E-state index contributed by atoms with van der Waals surface area (Å²) in [6.07, 6.45) is 3.93. The third kappa shape index (κ3) is 5.76. The van der Waals surface area contributed by atoms with E-state index in [4.69, 9.17) is 16.5 Å². The molecule has 4 heteroatoms. The van der Waals surface area contributed by atoms with Crippen LogP contribution in [0.3, 0.4) is 0 Å². The number of hydrogen-bond acceptors (Lipinski definition) is 3. The lowest BCUT2D eigenvalue weighted by atomic mass is 9.93. The van der Waals surface area contributed by atoms with E-state index in [1.54, 1.807) is 0 Å². The summed E-state index contributed by atoms with van der Waals surface area (Å²) in [6, 6.07) is 57.1. The van der Waals surface area contributed by atoms with E-state index in [-0.39, 0.29) is 0 Å². The van der Waals surface area contributed by atoms with Gasteiger partial charge >= 0.3 is 0 Å². The van der Waals surface area contributed by atoms with Crippen LogP contribution in [0.15, 0.2) is 176 Å². The van der Waals surface area contributed by atoms with Crippen LogP contribution >= 0.6 is 11.3 Å². The van der Waals surface area contributed by atoms with Crippen molar-refractivity contribution in [3.05, 3.63) is 188 Å². The molecule has 0 unspecified atom stereocenters. The van der Waals surface area contributed by atoms with E-state index >= 15 is 0 Å². The van der Waals surface area contributed by atoms with Gasteiger partial charge in [-0.25, -0.2) is 4.85 Å². The van der Waals surface area contributed by atoms with Crippen LogP contribution in [0.2, 0.25) is 0 Å². The maximum atomic E-state index is 7.27. The standard InChI is InChI=1S/C47H29N3S/c1-48-39-22-18-33(19-23-39)45-25-21-35(30-50-45)37-26-36(34-20-24-44(49-29-34)32-12-6-3-7-13-32)27-38(28-37)41-15-9-17-43-42-16-8-14-40(46(42)51-47(41)43)31-10-4-2-5-11-31/h2-30H. The second kappa shape index (κ2) is 13.0. The number of nitrogens with zero attached hydrogens (tertiary/aromatic N) is 3. The zero-order chi connectivity index (χ0) is 34.1. The lowest BCUT2D eigenvalue weighted by Gasteiger charge is -2.13. The van der Waals surface area contributed by atoms with Crippen LogP contribution in [0.4, 0.5) is 5.69 Å². The molecule has 3 heterocycles. The van der Waals surface area contributed by atoms with Crippen LogP contribution in [0.1, 0.15) is 0 Å². The monoisotopic (exact) mass is 667 g/mol. The van der Waals surface area contributed by atoms with Crippen molar-refractivity contribution >= 4 is 37.2 Å². The van der Waals surface area contributed by atoms with E-state index in [0.717, 1.165) is 50.3 Å². The number of fused-ring (bicyclic) bond motifs is 3. The highest BCUT2D eigenvalue weighted by atomic mass is 32.1. The molecule has 0 N–H and O–H groups in total. The summed E-state index contributed by atoms with van der Waals surface area (Å²) in [5.74, 6) is 0. The molecule has 6 aromatic carbocycles. The highest BCUT2D eigenvalue weighted by Crippen LogP contribution is 2.45. The Morgan fingerprint density at radius 2 is 0.863 bits per heavy atom. The summed E-state index contributed by atoms with van der Waals surface area (Å²) >= 11 is 1.87. The van der Waals surface area contributed by atoms with E-state index in [1.165, 1.54) is 36.9 Å². The predicted octanol–water partition coefficient (Wildman–Crippen LogP) is 13.4. The second-order valence-electron chi connectivity index (χ2n) is 12.5. The molecule has 0 bridgehead atoms. The van der Waals surface area contributed by atoms with Gasteiger partial charge in [0.2, 0.25) is 0 Å². The minimum Gasteiger partial charge on any atom is -0.256 e. The molecule has 0 aliphatic heterocycles. The molecule has 0 fully saturated rings. The van der Waals surface area contributed by atoms with E-state index in [9.17, 15) is 0 Å². The van der Waals surface area contributed by atoms with Crippen LogP contribution in [0, 0.1) is 6.57 Å². The van der Waals surface area contributed by atoms with Crippen LogP contribution < -0.4 is 0 Å². The normalized spacial score (nSPS) is 11.1. The topological polar surface area (TPSA) is 30.1 Å². The molecular formula is C47H29N3S. The predicted molar refractivity (Wildman–Crippen MR) is 214 cm³/mol. The van der Waals surface area contributed by atoms with Gasteiger partial charge in [0, 0.05) is 49.3 Å². The molecule has 0 atom stereocenters. The molecule has 0 aliphatic carbocycles. The van der Waals surface area contributed by atoms with Crippen molar-refractivity contribution in [1.82, 2.24) is 9.97 Å². The zero-order valence-electron chi connectivity index (χ0n) is 27.5. The van der Waals surface area contributed by atoms with Crippen molar-refractivity contribution in [3.63, 3.8) is 0 Å². The third-order valence-corrected chi connectivity index (χ3v) is 10.7. The lowest BCUT2D eigenvalue weighted by molar-refractivity contribution is 1.32. The Morgan fingerprint density at radius 1 is 0.392 bits per heavy atom. The Hall–Kier alpha value is -6.67. The fourth-order valence-electron chi connectivity index (χ4n) is 6.80. The zero-order valence-corrected chi connectivity index (χ0v) is 28.3. The maximum absolute atomic E-state index is 7.27. The number of benzene rings is 6. The number of pyridine rings is 2. The molecule has 0 saturated heterocycles. The second-order valence-corrected chi connectivity index (χ2v) is 13.5. The molecular weight excluding hydrogens is 639 g/mol. The molecule has 3 nitrogen and oxygen atoms in total. The Morgan fingerprint density at radius 3 is 1.37 bits per heavy atom. The van der Waals surface area contributed by atoms with Crippen LogP contribution in [-0.4, -0.2) is 9.97 Å². The first-order chi connectivity index (χ1) is 25.2. The van der Waals surface area contributed by atoms with Gasteiger partial charge in [0.05, 0.1) is 18.0 Å². The number of hydrogen-bond donors (Lipinski definition) is 0. The van der Waals surface area contributed by atoms with E-state index < -0.39 is 0 Å². The van der Waals surface area contributed by atoms with Gasteiger partial charge in [-0.3, -0.25) is 9.97 Å². The highest BCUT2D eigenvalue weighted by molar-refractivity contribution is 7.26. The number of aromatic nitrogens is 2. The van der Waals surface area contributed by atoms with Crippen molar-refractivity contribution < 1.29 is 0 Å². The smallest absolute Gasteiger partial charge is 0.187 e. The molecule has 0 spiro atoms. The van der Waals surface area contributed by atoms with Crippen LogP contribution in [0.5, 0.6) is 0 Å². The minimum atomic E-state index is 0.621. The molecule has 0 aliphatic rings. The lowest BCUT2D eigenvalue weighted by Crippen LogP contribution is -1.90. The van der Waals surface area contributed by atoms with Crippen molar-refractivity contribution in [3.8, 4) is 67.0 Å². The van der Waals surface area contributed by atoms with Gasteiger partial charge < -0.3 is 0 Å². The molecule has 3 aromatic heterocycles. The van der Waals surface area contributed by atoms with E-state index in [1.807, 2.05) is 66.2 Å². The van der Waals surface area contributed by atoms with Gasteiger partial charge in [-0.05, 0) is 69.3 Å². The quantitative estimate of drug-likeness (QED) is 0.165. The number of thiophene rings is 1. The Balaban J connectivity index is 1.19. The van der Waals surface area contributed by atoms with E-state index in [2.05, 4.69) is 126 Å². The summed E-state index contributed by atoms with van der Waals surface area (Å²) in [5.41, 5.74) is 13.6. The van der Waals surface area contributed by atoms with Gasteiger partial charge in [0.15, 0.2) is 5.69 Å². The van der Waals surface area contributed by atoms with Gasteiger partial charge in [0.25, 0.3) is 0 Å². The minimum absolute atomic E-state index is 0.621. The fourth-order valence-corrected chi connectivity index (χ4v) is 8.17. The van der Waals surface area contributed by atoms with Gasteiger partial charge in [0.1, 0.15) is 0 Å². The molecule has 0 saturated carbocycles. The van der Waals surface area contributed by atoms with Gasteiger partial charge in [-0.2, -0.15) is 0 Å². The first-order valence-electron chi connectivity index (χ1n) is 16.8. The Bertz CT molecular complexity index is 2710. The molecule has 238 valence electrons. The summed E-state index contributed by atoms with van der Waals surface area (Å²) in [6.45, 7) is 7.27. The van der Waals surface area contributed by atoms with Crippen molar-refractivity contribution in [2.75, 3.05) is 0 Å². The summed E-state index contributed by atoms with van der Waals surface area (Å²) in [4.78, 5) is 13.3. The summed E-state index contributed by atoms with van der Waals surface area (Å²) < 4.78 is 2.57. The van der Waals surface area contributed by atoms with Gasteiger partial charge in [-0.15, -0.1) is 11.3 Å². The Kier molecular flexibility index (Phi) is 7.74. The molecule has 0 radical (unpaired) electrons. The first-order valence-corrected chi connectivity index (χ1v) is 17.6. The Labute approximate surface area is 300 Å². The SMILES string of the molecule is [C-]#[N+]c1ccc(-c2ccc(-c3cc(-c4ccc(-c5ccccc5)nc4)cc(-c4cccc5c4sc4c(-c6ccccc6)cccc45)c3)cn2)cc1. The molecule has 51 heavy (non-hydrogen) atoms. The van der Waals surface area contributed by atoms with E-state index in [0.29, 0.717) is 5.69 Å². The average molecular weight is 668 g/mol. The van der Waals surface area contributed by atoms with Gasteiger partial charge in [-0.1, -0.05) is 133 Å². The number of rotatable bonds is 6.